The molecular formula is C28H24N2S6. The number of hydrogen-bond donors (Lipinski definition) is 0. The van der Waals surface area contributed by atoms with Crippen LogP contribution in [0.5, 0.6) is 0 Å². The zero-order chi connectivity index (χ0) is 25.4. The van der Waals surface area contributed by atoms with Crippen molar-refractivity contribution in [2.45, 2.75) is 26.7 Å². The lowest BCUT2D eigenvalue weighted by atomic mass is 9.95. The SMILES string of the molecule is CCCN1C(=S)S/C(=C2/SC(=S)N(CCC)C2=S)C1=S.c1cc2ccc3cccc4ccc(c1)c2c34. The Morgan fingerprint density at radius 1 is 0.556 bits per heavy atom. The molecule has 182 valence electrons. The Bertz CT molecular complexity index is 1380. The number of thiocarbonyl (C=S) groups is 4. The highest BCUT2D eigenvalue weighted by molar-refractivity contribution is 8.30. The molecule has 2 saturated heterocycles. The van der Waals surface area contributed by atoms with E-state index in [1.807, 2.05) is 9.80 Å². The van der Waals surface area contributed by atoms with Gasteiger partial charge < -0.3 is 9.80 Å². The number of hydrogen-bond acceptors (Lipinski definition) is 6. The standard InChI is InChI=1S/C16H10.C12H14N2S6/c1-3-11-7-9-13-5-2-6-14-10-8-12(4-1)15(11)16(13)14;1-3-5-13-9(15)7(19-11(13)17)8-10(16)14(6-4-2)12(18)20-8/h1-10H;3-6H2,1-2H3/b;8-7+. The van der Waals surface area contributed by atoms with E-state index in [2.05, 4.69) is 74.5 Å². The van der Waals surface area contributed by atoms with Gasteiger partial charge in [-0.1, -0.05) is 147 Å². The summed E-state index contributed by atoms with van der Waals surface area (Å²) in [5.74, 6) is 0. The first-order valence-corrected chi connectivity index (χ1v) is 15.1. The molecule has 2 aliphatic rings. The zero-order valence-electron chi connectivity index (χ0n) is 19.9. The smallest absolute Gasteiger partial charge is 0.146 e. The molecule has 0 bridgehead atoms. The Hall–Kier alpha value is -1.68. The van der Waals surface area contributed by atoms with Crippen LogP contribution in [-0.2, 0) is 0 Å². The maximum atomic E-state index is 5.56. The van der Waals surface area contributed by atoms with Crippen LogP contribution in [0, 0.1) is 0 Å². The van der Waals surface area contributed by atoms with Crippen LogP contribution in [-0.4, -0.2) is 41.5 Å². The fraction of sp³-hybridized carbons (Fsp3) is 0.214. The van der Waals surface area contributed by atoms with Gasteiger partial charge in [-0.3, -0.25) is 0 Å². The van der Waals surface area contributed by atoms with Crippen LogP contribution >= 0.6 is 72.4 Å². The normalized spacial score (nSPS) is 18.3. The highest BCUT2D eigenvalue weighted by Gasteiger charge is 2.37. The lowest BCUT2D eigenvalue weighted by Gasteiger charge is -2.16. The molecule has 0 aliphatic carbocycles. The van der Waals surface area contributed by atoms with Gasteiger partial charge in [-0.2, -0.15) is 0 Å². The third-order valence-electron chi connectivity index (χ3n) is 6.19. The van der Waals surface area contributed by atoms with Gasteiger partial charge in [0.2, 0.25) is 0 Å². The molecular weight excluding hydrogens is 557 g/mol. The lowest BCUT2D eigenvalue weighted by Crippen LogP contribution is -2.29. The summed E-state index contributed by atoms with van der Waals surface area (Å²) in [5.41, 5.74) is 0. The number of rotatable bonds is 4. The topological polar surface area (TPSA) is 6.48 Å². The summed E-state index contributed by atoms with van der Waals surface area (Å²) in [7, 11) is 0. The summed E-state index contributed by atoms with van der Waals surface area (Å²) in [6, 6.07) is 21.9. The van der Waals surface area contributed by atoms with Crippen molar-refractivity contribution in [1.82, 2.24) is 9.80 Å². The molecule has 0 N–H and O–H groups in total. The quantitative estimate of drug-likeness (QED) is 0.132. The van der Waals surface area contributed by atoms with Crippen molar-refractivity contribution in [3.05, 3.63) is 70.5 Å². The Morgan fingerprint density at radius 2 is 0.889 bits per heavy atom. The van der Waals surface area contributed by atoms with Crippen molar-refractivity contribution in [1.29, 1.82) is 0 Å². The summed E-state index contributed by atoms with van der Waals surface area (Å²) in [5, 5.41) is 8.14. The molecule has 6 rings (SSSR count). The van der Waals surface area contributed by atoms with E-state index in [0.717, 1.165) is 54.4 Å². The van der Waals surface area contributed by atoms with E-state index in [9.17, 15) is 0 Å². The van der Waals surface area contributed by atoms with E-state index in [-0.39, 0.29) is 0 Å². The minimum absolute atomic E-state index is 0.799. The third kappa shape index (κ3) is 4.68. The minimum Gasteiger partial charge on any atom is -0.317 e. The molecule has 4 aromatic carbocycles. The van der Waals surface area contributed by atoms with Gasteiger partial charge in [-0.25, -0.2) is 0 Å². The second-order valence-corrected chi connectivity index (χ2v) is 12.7. The van der Waals surface area contributed by atoms with Crippen molar-refractivity contribution in [2.24, 2.45) is 0 Å². The van der Waals surface area contributed by atoms with Crippen molar-refractivity contribution >= 4 is 123 Å². The predicted octanol–water partition coefficient (Wildman–Crippen LogP) is 8.92. The summed E-state index contributed by atoms with van der Waals surface area (Å²) in [4.78, 5) is 7.66. The lowest BCUT2D eigenvalue weighted by molar-refractivity contribution is 0.625. The zero-order valence-corrected chi connectivity index (χ0v) is 24.8. The number of benzene rings is 4. The van der Waals surface area contributed by atoms with Gasteiger partial charge in [0, 0.05) is 13.1 Å². The van der Waals surface area contributed by atoms with Crippen LogP contribution in [0.15, 0.2) is 70.5 Å². The largest absolute Gasteiger partial charge is 0.317 e. The molecule has 0 atom stereocenters. The average molecular weight is 581 g/mol. The van der Waals surface area contributed by atoms with Crippen LogP contribution < -0.4 is 0 Å². The molecule has 4 aromatic rings. The molecule has 2 heterocycles. The number of thioether (sulfide) groups is 2. The van der Waals surface area contributed by atoms with Gasteiger partial charge in [-0.15, -0.1) is 0 Å². The first-order valence-electron chi connectivity index (χ1n) is 11.9. The van der Waals surface area contributed by atoms with E-state index >= 15 is 0 Å². The van der Waals surface area contributed by atoms with Crippen LogP contribution in [0.2, 0.25) is 0 Å². The summed E-state index contributed by atoms with van der Waals surface area (Å²) >= 11 is 25.0. The molecule has 36 heavy (non-hydrogen) atoms. The van der Waals surface area contributed by atoms with E-state index in [0.29, 0.717) is 0 Å². The van der Waals surface area contributed by atoms with Crippen LogP contribution in [0.3, 0.4) is 0 Å². The Morgan fingerprint density at radius 3 is 1.19 bits per heavy atom. The van der Waals surface area contributed by atoms with Gasteiger partial charge in [0.15, 0.2) is 0 Å². The van der Waals surface area contributed by atoms with Crippen molar-refractivity contribution < 1.29 is 0 Å². The molecule has 0 saturated carbocycles. The van der Waals surface area contributed by atoms with Gasteiger partial charge in [0.25, 0.3) is 0 Å². The maximum absolute atomic E-state index is 5.56. The van der Waals surface area contributed by atoms with Crippen LogP contribution in [0.25, 0.3) is 32.3 Å². The van der Waals surface area contributed by atoms with Gasteiger partial charge >= 0.3 is 0 Å². The first-order chi connectivity index (χ1) is 17.4. The molecule has 0 spiro atoms. The van der Waals surface area contributed by atoms with Gasteiger partial charge in [0.05, 0.1) is 9.81 Å². The van der Waals surface area contributed by atoms with Gasteiger partial charge in [0.1, 0.15) is 18.6 Å². The fourth-order valence-electron chi connectivity index (χ4n) is 4.57. The molecule has 2 fully saturated rings. The van der Waals surface area contributed by atoms with E-state index in [1.165, 1.54) is 32.3 Å². The minimum atomic E-state index is 0.799. The van der Waals surface area contributed by atoms with Crippen LogP contribution in [0.1, 0.15) is 26.7 Å². The average Bonchev–Trinajstić information content (AvgIpc) is 3.33. The van der Waals surface area contributed by atoms with Crippen molar-refractivity contribution in [3.8, 4) is 0 Å². The third-order valence-corrected chi connectivity index (χ3v) is 10.4. The molecule has 2 nitrogen and oxygen atoms in total. The maximum Gasteiger partial charge on any atom is 0.146 e. The monoisotopic (exact) mass is 580 g/mol. The van der Waals surface area contributed by atoms with E-state index < -0.39 is 0 Å². The Kier molecular flexibility index (Phi) is 7.91. The van der Waals surface area contributed by atoms with E-state index in [1.54, 1.807) is 23.5 Å². The summed E-state index contributed by atoms with van der Waals surface area (Å²) in [6.07, 6.45) is 2.03. The highest BCUT2D eigenvalue weighted by atomic mass is 32.2. The molecule has 8 heteroatoms. The Balaban J connectivity index is 0.000000151. The van der Waals surface area contributed by atoms with Gasteiger partial charge in [-0.05, 0) is 45.2 Å². The fourth-order valence-corrected chi connectivity index (χ4v) is 8.58. The highest BCUT2D eigenvalue weighted by Crippen LogP contribution is 2.43. The molecule has 0 unspecified atom stereocenters. The second kappa shape index (κ2) is 11.0. The molecule has 0 amide bonds. The molecule has 2 aliphatic heterocycles. The van der Waals surface area contributed by atoms with Crippen molar-refractivity contribution in [3.63, 3.8) is 0 Å². The summed E-state index contributed by atoms with van der Waals surface area (Å²) < 4.78 is 1.64. The summed E-state index contributed by atoms with van der Waals surface area (Å²) in [6.45, 7) is 5.96. The molecule has 0 radical (unpaired) electrons. The predicted molar refractivity (Wildman–Crippen MR) is 177 cm³/mol. The van der Waals surface area contributed by atoms with E-state index in [4.69, 9.17) is 48.9 Å². The van der Waals surface area contributed by atoms with Crippen molar-refractivity contribution in [2.75, 3.05) is 13.1 Å². The van der Waals surface area contributed by atoms with Crippen LogP contribution in [0.4, 0.5) is 0 Å². The number of nitrogens with zero attached hydrogens (tertiary/aromatic N) is 2. The first kappa shape index (κ1) is 25.9. The second-order valence-electron chi connectivity index (χ2n) is 8.60. The molecule has 0 aromatic heterocycles. The Labute approximate surface area is 241 Å².